The van der Waals surface area contributed by atoms with Gasteiger partial charge in [0.05, 0.1) is 17.8 Å². The van der Waals surface area contributed by atoms with Gasteiger partial charge in [0.15, 0.2) is 5.11 Å². The molecule has 0 bridgehead atoms. The summed E-state index contributed by atoms with van der Waals surface area (Å²) in [5.41, 5.74) is 1.05. The quantitative estimate of drug-likeness (QED) is 0.875. The maximum absolute atomic E-state index is 5.53. The van der Waals surface area contributed by atoms with E-state index < -0.39 is 0 Å². The lowest BCUT2D eigenvalue weighted by Gasteiger charge is -2.26. The first kappa shape index (κ1) is 13.5. The second-order valence-electron chi connectivity index (χ2n) is 4.84. The molecule has 0 aromatic carbocycles. The van der Waals surface area contributed by atoms with Gasteiger partial charge in [0.1, 0.15) is 0 Å². The number of hydrogen-bond donors (Lipinski definition) is 1. The van der Waals surface area contributed by atoms with E-state index in [-0.39, 0.29) is 12.1 Å². The van der Waals surface area contributed by atoms with Gasteiger partial charge in [0, 0.05) is 17.6 Å². The highest BCUT2D eigenvalue weighted by molar-refractivity contribution is 7.80. The molecule has 5 heteroatoms. The van der Waals surface area contributed by atoms with Crippen molar-refractivity contribution < 1.29 is 0 Å². The third-order valence-corrected chi connectivity index (χ3v) is 4.79. The van der Waals surface area contributed by atoms with Crippen molar-refractivity contribution in [3.63, 3.8) is 0 Å². The molecule has 104 valence electrons. The molecule has 1 fully saturated rings. The van der Waals surface area contributed by atoms with Crippen molar-refractivity contribution in [2.75, 3.05) is 6.54 Å². The summed E-state index contributed by atoms with van der Waals surface area (Å²) in [6.45, 7) is 3.15. The van der Waals surface area contributed by atoms with E-state index in [1.165, 1.54) is 4.88 Å². The minimum Gasteiger partial charge on any atom is -0.352 e. The zero-order valence-electron chi connectivity index (χ0n) is 11.3. The predicted molar refractivity (Wildman–Crippen MR) is 86.8 cm³/mol. The number of nitrogens with zero attached hydrogens (tertiary/aromatic N) is 2. The molecule has 2 atom stereocenters. The zero-order valence-corrected chi connectivity index (χ0v) is 13.0. The fourth-order valence-electron chi connectivity index (χ4n) is 2.66. The first-order chi connectivity index (χ1) is 9.81. The number of thiophene rings is 1. The Kier molecular flexibility index (Phi) is 3.98. The van der Waals surface area contributed by atoms with Crippen LogP contribution >= 0.6 is 23.6 Å². The SMILES string of the molecule is CCCN1C(=S)NC(c2ccccn2)C1c1cccs1. The largest absolute Gasteiger partial charge is 0.352 e. The average Bonchev–Trinajstić information content (AvgIpc) is 3.09. The summed E-state index contributed by atoms with van der Waals surface area (Å²) in [5, 5.41) is 6.40. The Labute approximate surface area is 128 Å². The van der Waals surface area contributed by atoms with Crippen LogP contribution in [0.5, 0.6) is 0 Å². The van der Waals surface area contributed by atoms with Gasteiger partial charge < -0.3 is 10.2 Å². The molecule has 0 aliphatic carbocycles. The maximum Gasteiger partial charge on any atom is 0.170 e. The van der Waals surface area contributed by atoms with E-state index in [2.05, 4.69) is 45.7 Å². The third kappa shape index (κ3) is 2.43. The first-order valence-electron chi connectivity index (χ1n) is 6.82. The number of pyridine rings is 1. The van der Waals surface area contributed by atoms with Crippen molar-refractivity contribution in [1.82, 2.24) is 15.2 Å². The lowest BCUT2D eigenvalue weighted by molar-refractivity contribution is 0.322. The molecule has 20 heavy (non-hydrogen) atoms. The van der Waals surface area contributed by atoms with Gasteiger partial charge in [0.25, 0.3) is 0 Å². The summed E-state index contributed by atoms with van der Waals surface area (Å²) in [4.78, 5) is 8.13. The molecular weight excluding hydrogens is 286 g/mol. The molecule has 3 rings (SSSR count). The molecule has 0 radical (unpaired) electrons. The van der Waals surface area contributed by atoms with Crippen LogP contribution in [0.15, 0.2) is 41.9 Å². The van der Waals surface area contributed by atoms with Crippen molar-refractivity contribution in [3.8, 4) is 0 Å². The Morgan fingerprint density at radius 1 is 1.35 bits per heavy atom. The molecule has 2 aromatic heterocycles. The van der Waals surface area contributed by atoms with Crippen LogP contribution in [0, 0.1) is 0 Å². The summed E-state index contributed by atoms with van der Waals surface area (Å²) in [5.74, 6) is 0. The summed E-state index contributed by atoms with van der Waals surface area (Å²) < 4.78 is 0. The van der Waals surface area contributed by atoms with Gasteiger partial charge in [-0.15, -0.1) is 11.3 Å². The standard InChI is InChI=1S/C15H17N3S2/c1-2-9-18-14(12-7-5-10-20-12)13(17-15(18)19)11-6-3-4-8-16-11/h3-8,10,13-14H,2,9H2,1H3,(H,17,19). The van der Waals surface area contributed by atoms with E-state index in [9.17, 15) is 0 Å². The van der Waals surface area contributed by atoms with Crippen LogP contribution < -0.4 is 5.32 Å². The number of nitrogens with one attached hydrogen (secondary N) is 1. The summed E-state index contributed by atoms with van der Waals surface area (Å²) in [6, 6.07) is 10.7. The second kappa shape index (κ2) is 5.89. The Morgan fingerprint density at radius 3 is 2.90 bits per heavy atom. The Hall–Kier alpha value is -1.46. The normalized spacial score (nSPS) is 22.1. The highest BCUT2D eigenvalue weighted by Crippen LogP contribution is 2.40. The van der Waals surface area contributed by atoms with Gasteiger partial charge in [-0.2, -0.15) is 0 Å². The number of rotatable bonds is 4. The van der Waals surface area contributed by atoms with Crippen molar-refractivity contribution >= 4 is 28.7 Å². The maximum atomic E-state index is 5.53. The highest BCUT2D eigenvalue weighted by Gasteiger charge is 2.39. The van der Waals surface area contributed by atoms with Gasteiger partial charge in [-0.3, -0.25) is 4.98 Å². The van der Waals surface area contributed by atoms with Gasteiger partial charge >= 0.3 is 0 Å². The van der Waals surface area contributed by atoms with E-state index in [0.29, 0.717) is 0 Å². The molecule has 1 saturated heterocycles. The summed E-state index contributed by atoms with van der Waals surface area (Å²) in [6.07, 6.45) is 2.92. The van der Waals surface area contributed by atoms with Gasteiger partial charge in [-0.25, -0.2) is 0 Å². The lowest BCUT2D eigenvalue weighted by Crippen LogP contribution is -2.29. The van der Waals surface area contributed by atoms with Gasteiger partial charge in [0.2, 0.25) is 0 Å². The van der Waals surface area contributed by atoms with Crippen LogP contribution in [0.1, 0.15) is 36.0 Å². The third-order valence-electron chi connectivity index (χ3n) is 3.50. The van der Waals surface area contributed by atoms with Gasteiger partial charge in [-0.1, -0.05) is 19.1 Å². The van der Waals surface area contributed by atoms with Crippen LogP contribution in [0.3, 0.4) is 0 Å². The molecule has 0 spiro atoms. The van der Waals surface area contributed by atoms with Crippen molar-refractivity contribution in [3.05, 3.63) is 52.5 Å². The molecular formula is C15H17N3S2. The van der Waals surface area contributed by atoms with Crippen LogP contribution in [0.2, 0.25) is 0 Å². The smallest absolute Gasteiger partial charge is 0.170 e. The Bertz CT molecular complexity index is 568. The molecule has 2 unspecified atom stereocenters. The van der Waals surface area contributed by atoms with E-state index >= 15 is 0 Å². The molecule has 3 heterocycles. The molecule has 1 N–H and O–H groups in total. The molecule has 3 nitrogen and oxygen atoms in total. The first-order valence-corrected chi connectivity index (χ1v) is 8.11. The van der Waals surface area contributed by atoms with Crippen LogP contribution in [-0.4, -0.2) is 21.5 Å². The van der Waals surface area contributed by atoms with Crippen LogP contribution in [0.4, 0.5) is 0 Å². The van der Waals surface area contributed by atoms with Crippen LogP contribution in [0.25, 0.3) is 0 Å². The second-order valence-corrected chi connectivity index (χ2v) is 6.20. The molecule has 2 aromatic rings. The van der Waals surface area contributed by atoms with Gasteiger partial charge in [-0.05, 0) is 42.2 Å². The van der Waals surface area contributed by atoms with Crippen LogP contribution in [-0.2, 0) is 0 Å². The Balaban J connectivity index is 1.99. The van der Waals surface area contributed by atoms with E-state index in [1.807, 2.05) is 18.3 Å². The predicted octanol–water partition coefficient (Wildman–Crippen LogP) is 3.53. The van der Waals surface area contributed by atoms with E-state index in [0.717, 1.165) is 23.8 Å². The average molecular weight is 303 g/mol. The monoisotopic (exact) mass is 303 g/mol. The Morgan fingerprint density at radius 2 is 2.25 bits per heavy atom. The highest BCUT2D eigenvalue weighted by atomic mass is 32.1. The minimum absolute atomic E-state index is 0.133. The van der Waals surface area contributed by atoms with Crippen molar-refractivity contribution in [2.45, 2.75) is 25.4 Å². The summed E-state index contributed by atoms with van der Waals surface area (Å²) >= 11 is 7.31. The number of thiocarbonyl (C=S) groups is 1. The lowest BCUT2D eigenvalue weighted by atomic mass is 10.0. The van der Waals surface area contributed by atoms with Crippen molar-refractivity contribution in [1.29, 1.82) is 0 Å². The minimum atomic E-state index is 0.133. The number of aromatic nitrogens is 1. The fourth-order valence-corrected chi connectivity index (χ4v) is 3.86. The number of hydrogen-bond acceptors (Lipinski definition) is 3. The van der Waals surface area contributed by atoms with E-state index in [1.54, 1.807) is 11.3 Å². The molecule has 0 saturated carbocycles. The molecule has 1 aliphatic rings. The fraction of sp³-hybridized carbons (Fsp3) is 0.333. The summed E-state index contributed by atoms with van der Waals surface area (Å²) in [7, 11) is 0. The topological polar surface area (TPSA) is 28.2 Å². The molecule has 0 amide bonds. The van der Waals surface area contributed by atoms with Crippen molar-refractivity contribution in [2.24, 2.45) is 0 Å². The molecule has 1 aliphatic heterocycles. The zero-order chi connectivity index (χ0) is 13.9. The van der Waals surface area contributed by atoms with E-state index in [4.69, 9.17) is 12.2 Å².